The van der Waals surface area contributed by atoms with Crippen molar-refractivity contribution in [2.45, 2.75) is 74.1 Å². The first-order valence-corrected chi connectivity index (χ1v) is 5.97. The van der Waals surface area contributed by atoms with Crippen LogP contribution in [0.5, 0.6) is 0 Å². The van der Waals surface area contributed by atoms with Crippen molar-refractivity contribution in [3.8, 4) is 0 Å². The molecule has 13 heavy (non-hydrogen) atoms. The number of hydrogen-bond donors (Lipinski definition) is 0. The summed E-state index contributed by atoms with van der Waals surface area (Å²) in [4.78, 5) is 0. The molecule has 0 rings (SSSR count). The van der Waals surface area contributed by atoms with Crippen molar-refractivity contribution in [2.75, 3.05) is 0 Å². The highest BCUT2D eigenvalue weighted by molar-refractivity contribution is 4.72. The first-order chi connectivity index (χ1) is 5.97. The average Bonchev–Trinajstić information content (AvgIpc) is 2.09. The van der Waals surface area contributed by atoms with Gasteiger partial charge in [0, 0.05) is 0 Å². The molecular formula is C13H30. The Balaban J connectivity index is 0. The Morgan fingerprint density at radius 2 is 0.846 bits per heavy atom. The fourth-order valence-corrected chi connectivity index (χ4v) is 1.50. The van der Waals surface area contributed by atoms with Crippen molar-refractivity contribution >= 4 is 0 Å². The Morgan fingerprint density at radius 3 is 0.846 bits per heavy atom. The molecular weight excluding hydrogens is 156 g/mol. The smallest absolute Gasteiger partial charge is 0.0308 e. The van der Waals surface area contributed by atoms with Crippen LogP contribution in [0.4, 0.5) is 0 Å². The van der Waals surface area contributed by atoms with Gasteiger partial charge in [0.05, 0.1) is 0 Å². The van der Waals surface area contributed by atoms with Gasteiger partial charge in [-0.05, 0) is 11.3 Å². The fraction of sp³-hybridized carbons (Fsp3) is 1.00. The molecule has 0 atom stereocenters. The summed E-state index contributed by atoms with van der Waals surface area (Å²) in [5.41, 5.74) is 0.667. The quantitative estimate of drug-likeness (QED) is 0.560. The van der Waals surface area contributed by atoms with Gasteiger partial charge in [-0.15, -0.1) is 0 Å². The predicted molar refractivity (Wildman–Crippen MR) is 64.1 cm³/mol. The van der Waals surface area contributed by atoms with E-state index in [1.54, 1.807) is 0 Å². The zero-order valence-electron chi connectivity index (χ0n) is 10.9. The summed E-state index contributed by atoms with van der Waals surface area (Å²) in [6, 6.07) is 0. The first kappa shape index (κ1) is 15.5. The average molecular weight is 186 g/mol. The molecule has 0 aliphatic carbocycles. The van der Waals surface area contributed by atoms with Crippen LogP contribution in [-0.2, 0) is 0 Å². The highest BCUT2D eigenvalue weighted by atomic mass is 14.3. The van der Waals surface area contributed by atoms with Crippen LogP contribution < -0.4 is 0 Å². The van der Waals surface area contributed by atoms with Crippen LogP contribution in [0.25, 0.3) is 0 Å². The normalized spacial score (nSPS) is 11.1. The van der Waals surface area contributed by atoms with Crippen molar-refractivity contribution < 1.29 is 0 Å². The van der Waals surface area contributed by atoms with E-state index >= 15 is 0 Å². The summed E-state index contributed by atoms with van der Waals surface area (Å²) in [5, 5.41) is 0. The van der Waals surface area contributed by atoms with Crippen molar-refractivity contribution in [3.63, 3.8) is 0 Å². The second-order valence-corrected chi connectivity index (χ2v) is 4.65. The van der Waals surface area contributed by atoms with Crippen LogP contribution in [0.2, 0.25) is 0 Å². The molecule has 0 saturated heterocycles. The molecule has 0 aliphatic rings. The van der Waals surface area contributed by atoms with Crippen LogP contribution in [0.3, 0.4) is 0 Å². The molecule has 0 aromatic rings. The van der Waals surface area contributed by atoms with Crippen LogP contribution in [0, 0.1) is 11.3 Å². The largest absolute Gasteiger partial charge is 0.0649 e. The molecule has 0 nitrogen and oxygen atoms in total. The minimum Gasteiger partial charge on any atom is -0.0649 e. The molecule has 82 valence electrons. The van der Waals surface area contributed by atoms with Gasteiger partial charge in [0.1, 0.15) is 0 Å². The summed E-state index contributed by atoms with van der Waals surface area (Å²) in [6.07, 6.45) is 5.38. The Kier molecular flexibility index (Phi) is 10.2. The highest BCUT2D eigenvalue weighted by Crippen LogP contribution is 2.33. The SMILES string of the molecule is CC(C)C.CCC(CC)(CC)CC. The topological polar surface area (TPSA) is 0 Å². The Hall–Kier alpha value is 0. The zero-order chi connectivity index (χ0) is 10.9. The third kappa shape index (κ3) is 8.33. The lowest BCUT2D eigenvalue weighted by Crippen LogP contribution is -2.15. The van der Waals surface area contributed by atoms with Crippen molar-refractivity contribution in [1.29, 1.82) is 0 Å². The molecule has 0 saturated carbocycles. The van der Waals surface area contributed by atoms with E-state index in [0.717, 1.165) is 5.92 Å². The lowest BCUT2D eigenvalue weighted by Gasteiger charge is -2.28. The van der Waals surface area contributed by atoms with Crippen molar-refractivity contribution in [3.05, 3.63) is 0 Å². The second-order valence-electron chi connectivity index (χ2n) is 4.65. The van der Waals surface area contributed by atoms with Crippen LogP contribution in [0.1, 0.15) is 74.1 Å². The zero-order valence-corrected chi connectivity index (χ0v) is 10.9. The van der Waals surface area contributed by atoms with Gasteiger partial charge in [-0.3, -0.25) is 0 Å². The summed E-state index contributed by atoms with van der Waals surface area (Å²) in [5.74, 6) is 0.833. The molecule has 0 spiro atoms. The Bertz CT molecular complexity index is 67.9. The van der Waals surface area contributed by atoms with E-state index in [2.05, 4.69) is 48.5 Å². The molecule has 0 aromatic carbocycles. The maximum Gasteiger partial charge on any atom is -0.0308 e. The van der Waals surface area contributed by atoms with E-state index in [-0.39, 0.29) is 0 Å². The van der Waals surface area contributed by atoms with Crippen LogP contribution in [0.15, 0.2) is 0 Å². The van der Waals surface area contributed by atoms with Gasteiger partial charge < -0.3 is 0 Å². The molecule has 0 fully saturated rings. The summed E-state index contributed by atoms with van der Waals surface area (Å²) in [7, 11) is 0. The first-order valence-electron chi connectivity index (χ1n) is 5.97. The molecule has 0 radical (unpaired) electrons. The minimum absolute atomic E-state index is 0.667. The van der Waals surface area contributed by atoms with Gasteiger partial charge in [0.2, 0.25) is 0 Å². The molecule has 0 unspecified atom stereocenters. The molecule has 0 bridgehead atoms. The molecule has 0 aromatic heterocycles. The second kappa shape index (κ2) is 8.59. The summed E-state index contributed by atoms with van der Waals surface area (Å²) in [6.45, 7) is 15.7. The molecule has 0 N–H and O–H groups in total. The monoisotopic (exact) mass is 186 g/mol. The van der Waals surface area contributed by atoms with E-state index in [1.165, 1.54) is 25.7 Å². The molecule has 0 aliphatic heterocycles. The maximum absolute atomic E-state index is 2.30. The van der Waals surface area contributed by atoms with E-state index in [0.29, 0.717) is 5.41 Å². The van der Waals surface area contributed by atoms with Crippen LogP contribution in [-0.4, -0.2) is 0 Å². The number of rotatable bonds is 4. The molecule has 0 heteroatoms. The predicted octanol–water partition coefficient (Wildman–Crippen LogP) is 5.28. The molecule has 0 amide bonds. The Morgan fingerprint density at radius 1 is 0.692 bits per heavy atom. The van der Waals surface area contributed by atoms with E-state index in [4.69, 9.17) is 0 Å². The minimum atomic E-state index is 0.667. The van der Waals surface area contributed by atoms with Gasteiger partial charge >= 0.3 is 0 Å². The fourth-order valence-electron chi connectivity index (χ4n) is 1.50. The van der Waals surface area contributed by atoms with Gasteiger partial charge in [-0.2, -0.15) is 0 Å². The Labute approximate surface area is 86.1 Å². The molecule has 0 heterocycles. The van der Waals surface area contributed by atoms with Crippen molar-refractivity contribution in [1.82, 2.24) is 0 Å². The van der Waals surface area contributed by atoms with Gasteiger partial charge in [-0.1, -0.05) is 74.1 Å². The van der Waals surface area contributed by atoms with Crippen LogP contribution >= 0.6 is 0 Å². The van der Waals surface area contributed by atoms with E-state index in [9.17, 15) is 0 Å². The maximum atomic E-state index is 2.30. The van der Waals surface area contributed by atoms with Gasteiger partial charge in [0.25, 0.3) is 0 Å². The highest BCUT2D eigenvalue weighted by Gasteiger charge is 2.20. The third-order valence-electron chi connectivity index (χ3n) is 3.00. The summed E-state index contributed by atoms with van der Waals surface area (Å²) >= 11 is 0. The van der Waals surface area contributed by atoms with Crippen molar-refractivity contribution in [2.24, 2.45) is 11.3 Å². The third-order valence-corrected chi connectivity index (χ3v) is 3.00. The summed E-state index contributed by atoms with van der Waals surface area (Å²) < 4.78 is 0. The lowest BCUT2D eigenvalue weighted by atomic mass is 9.78. The van der Waals surface area contributed by atoms with E-state index in [1.807, 2.05) is 0 Å². The lowest BCUT2D eigenvalue weighted by molar-refractivity contribution is 0.240. The standard InChI is InChI=1S/C9H20.C4H10/c1-5-9(6-2,7-3)8-4;1-4(2)3/h5-8H2,1-4H3;4H,1-3H3. The number of hydrogen-bond acceptors (Lipinski definition) is 0. The van der Waals surface area contributed by atoms with Gasteiger partial charge in [0.15, 0.2) is 0 Å². The van der Waals surface area contributed by atoms with Gasteiger partial charge in [-0.25, -0.2) is 0 Å². The van der Waals surface area contributed by atoms with E-state index < -0.39 is 0 Å².